The number of amides is 1. The van der Waals surface area contributed by atoms with Gasteiger partial charge in [-0.15, -0.1) is 11.3 Å². The predicted octanol–water partition coefficient (Wildman–Crippen LogP) is 3.65. The third-order valence-electron chi connectivity index (χ3n) is 3.43. The Hall–Kier alpha value is -2.31. The minimum absolute atomic E-state index is 0.0211. The summed E-state index contributed by atoms with van der Waals surface area (Å²) in [7, 11) is 0. The molecule has 5 nitrogen and oxygen atoms in total. The van der Waals surface area contributed by atoms with Gasteiger partial charge in [-0.3, -0.25) is 9.79 Å². The van der Waals surface area contributed by atoms with Gasteiger partial charge in [0.2, 0.25) is 0 Å². The van der Waals surface area contributed by atoms with Gasteiger partial charge in [0.1, 0.15) is 17.2 Å². The molecule has 1 aliphatic rings. The highest BCUT2D eigenvalue weighted by molar-refractivity contribution is 7.10. The summed E-state index contributed by atoms with van der Waals surface area (Å²) >= 11 is 7.35. The summed E-state index contributed by atoms with van der Waals surface area (Å²) < 4.78 is 0. The Morgan fingerprint density at radius 1 is 1.35 bits per heavy atom. The number of hydrogen-bond acceptors (Lipinski definition) is 5. The number of hydrogen-bond donors (Lipinski definition) is 3. The van der Waals surface area contributed by atoms with Gasteiger partial charge in [-0.25, -0.2) is 0 Å². The number of halogens is 1. The van der Waals surface area contributed by atoms with Crippen molar-refractivity contribution in [2.45, 2.75) is 12.5 Å². The fraction of sp³-hybridized carbons (Fsp3) is 0.125. The molecule has 4 N–H and O–H groups in total. The van der Waals surface area contributed by atoms with Crippen LogP contribution in [-0.4, -0.2) is 16.8 Å². The van der Waals surface area contributed by atoms with E-state index >= 15 is 0 Å². The van der Waals surface area contributed by atoms with Crippen molar-refractivity contribution in [3.8, 4) is 0 Å². The summed E-state index contributed by atoms with van der Waals surface area (Å²) in [5.41, 5.74) is 6.48. The molecule has 0 fully saturated rings. The summed E-state index contributed by atoms with van der Waals surface area (Å²) in [5.74, 6) is -0.503. The zero-order valence-electron chi connectivity index (χ0n) is 12.0. The second-order valence-corrected chi connectivity index (χ2v) is 6.45. The SMILES string of the molecule is NC1=NC(c2cccs2)CC(O)=C1C(=O)Nc1ccc(Cl)cc1. The molecule has 0 saturated heterocycles. The van der Waals surface area contributed by atoms with Gasteiger partial charge in [0.25, 0.3) is 5.91 Å². The Morgan fingerprint density at radius 2 is 2.09 bits per heavy atom. The molecule has 1 aromatic heterocycles. The number of nitrogens with zero attached hydrogens (tertiary/aromatic N) is 1. The van der Waals surface area contributed by atoms with Crippen LogP contribution in [0.4, 0.5) is 5.69 Å². The number of nitrogens with two attached hydrogens (primary N) is 1. The van der Waals surface area contributed by atoms with Gasteiger partial charge in [0.05, 0.1) is 6.04 Å². The summed E-state index contributed by atoms with van der Waals surface area (Å²) in [6, 6.07) is 10.3. The van der Waals surface area contributed by atoms with Gasteiger partial charge in [-0.05, 0) is 35.7 Å². The van der Waals surface area contributed by atoms with Crippen LogP contribution in [0.25, 0.3) is 0 Å². The predicted molar refractivity (Wildman–Crippen MR) is 93.0 cm³/mol. The molecule has 0 aliphatic carbocycles. The summed E-state index contributed by atoms with van der Waals surface area (Å²) in [4.78, 5) is 17.7. The van der Waals surface area contributed by atoms with Gasteiger partial charge in [0, 0.05) is 22.0 Å². The molecule has 118 valence electrons. The lowest BCUT2D eigenvalue weighted by Crippen LogP contribution is -2.31. The number of amidine groups is 1. The van der Waals surface area contributed by atoms with E-state index in [1.54, 1.807) is 24.3 Å². The summed E-state index contributed by atoms with van der Waals surface area (Å²) in [5, 5.41) is 15.4. The number of aliphatic hydroxyl groups is 1. The zero-order valence-corrected chi connectivity index (χ0v) is 13.6. The maximum Gasteiger partial charge on any atom is 0.262 e. The molecule has 0 spiro atoms. The van der Waals surface area contributed by atoms with Crippen LogP contribution in [0.5, 0.6) is 0 Å². The van der Waals surface area contributed by atoms with Crippen molar-refractivity contribution in [1.82, 2.24) is 0 Å². The highest BCUT2D eigenvalue weighted by Crippen LogP contribution is 2.32. The lowest BCUT2D eigenvalue weighted by Gasteiger charge is -2.20. The number of carbonyl (C=O) groups is 1. The molecule has 0 saturated carbocycles. The van der Waals surface area contributed by atoms with Crippen molar-refractivity contribution in [3.05, 3.63) is 63.0 Å². The van der Waals surface area contributed by atoms with Crippen molar-refractivity contribution in [1.29, 1.82) is 0 Å². The molecule has 2 heterocycles. The number of aliphatic hydroxyl groups excluding tert-OH is 1. The van der Waals surface area contributed by atoms with E-state index in [0.29, 0.717) is 10.7 Å². The average Bonchev–Trinajstić information content (AvgIpc) is 3.03. The normalized spacial score (nSPS) is 17.8. The Kier molecular flexibility index (Phi) is 4.36. The molecule has 1 unspecified atom stereocenters. The standard InChI is InChI=1S/C16H14ClN3O2S/c17-9-3-5-10(6-4-9)19-16(22)14-12(21)8-11(20-15(14)18)13-2-1-7-23-13/h1-7,11,21H,8H2,(H2,18,20)(H,19,22). The number of benzene rings is 1. The van der Waals surface area contributed by atoms with E-state index < -0.39 is 5.91 Å². The molecule has 0 bridgehead atoms. The molecule has 7 heteroatoms. The highest BCUT2D eigenvalue weighted by atomic mass is 35.5. The van der Waals surface area contributed by atoms with E-state index in [2.05, 4.69) is 10.3 Å². The van der Waals surface area contributed by atoms with Crippen molar-refractivity contribution < 1.29 is 9.90 Å². The topological polar surface area (TPSA) is 87.7 Å². The maximum atomic E-state index is 12.3. The second kappa shape index (κ2) is 6.44. The molecule has 23 heavy (non-hydrogen) atoms. The molecular weight excluding hydrogens is 334 g/mol. The van der Waals surface area contributed by atoms with Crippen molar-refractivity contribution in [2.75, 3.05) is 5.32 Å². The quantitative estimate of drug-likeness (QED) is 0.791. The first kappa shape index (κ1) is 15.6. The number of aliphatic imine (C=N–C) groups is 1. The molecule has 3 rings (SSSR count). The molecule has 1 amide bonds. The highest BCUT2D eigenvalue weighted by Gasteiger charge is 2.28. The van der Waals surface area contributed by atoms with E-state index in [1.807, 2.05) is 17.5 Å². The van der Waals surface area contributed by atoms with Crippen LogP contribution in [-0.2, 0) is 4.79 Å². The third kappa shape index (κ3) is 3.38. The summed E-state index contributed by atoms with van der Waals surface area (Å²) in [6.07, 6.45) is 0.255. The van der Waals surface area contributed by atoms with E-state index in [-0.39, 0.29) is 29.6 Å². The Morgan fingerprint density at radius 3 is 2.70 bits per heavy atom. The number of rotatable bonds is 3. The van der Waals surface area contributed by atoms with Gasteiger partial charge in [0.15, 0.2) is 0 Å². The lowest BCUT2D eigenvalue weighted by atomic mass is 10.0. The fourth-order valence-electron chi connectivity index (χ4n) is 2.33. The molecule has 1 aliphatic heterocycles. The summed E-state index contributed by atoms with van der Waals surface area (Å²) in [6.45, 7) is 0. The Bertz CT molecular complexity index is 782. The van der Waals surface area contributed by atoms with Crippen LogP contribution in [0, 0.1) is 0 Å². The minimum atomic E-state index is -0.490. The smallest absolute Gasteiger partial charge is 0.262 e. The van der Waals surface area contributed by atoms with Gasteiger partial charge >= 0.3 is 0 Å². The first-order valence-corrected chi connectivity index (χ1v) is 8.16. The van der Waals surface area contributed by atoms with Crippen LogP contribution in [0.1, 0.15) is 17.3 Å². The van der Waals surface area contributed by atoms with E-state index in [1.165, 1.54) is 11.3 Å². The number of anilines is 1. The first-order valence-electron chi connectivity index (χ1n) is 6.90. The van der Waals surface area contributed by atoms with E-state index in [4.69, 9.17) is 17.3 Å². The van der Waals surface area contributed by atoms with E-state index in [9.17, 15) is 9.90 Å². The average molecular weight is 348 g/mol. The lowest BCUT2D eigenvalue weighted by molar-refractivity contribution is -0.112. The number of carbonyl (C=O) groups excluding carboxylic acids is 1. The van der Waals surface area contributed by atoms with Crippen molar-refractivity contribution in [3.63, 3.8) is 0 Å². The molecule has 2 aromatic rings. The third-order valence-corrected chi connectivity index (χ3v) is 4.65. The van der Waals surface area contributed by atoms with E-state index in [0.717, 1.165) is 4.88 Å². The van der Waals surface area contributed by atoms with Crippen LogP contribution in [0.15, 0.2) is 58.1 Å². The number of thiophene rings is 1. The van der Waals surface area contributed by atoms with Crippen LogP contribution >= 0.6 is 22.9 Å². The van der Waals surface area contributed by atoms with Gasteiger partial charge < -0.3 is 16.2 Å². The van der Waals surface area contributed by atoms with Crippen molar-refractivity contribution in [2.24, 2.45) is 10.7 Å². The number of dihydropyridines is 1. The minimum Gasteiger partial charge on any atom is -0.511 e. The van der Waals surface area contributed by atoms with Crippen LogP contribution in [0.2, 0.25) is 5.02 Å². The molecule has 1 aromatic carbocycles. The fourth-order valence-corrected chi connectivity index (χ4v) is 3.22. The number of nitrogens with one attached hydrogen (secondary N) is 1. The largest absolute Gasteiger partial charge is 0.511 e. The first-order chi connectivity index (χ1) is 11.0. The second-order valence-electron chi connectivity index (χ2n) is 5.03. The maximum absolute atomic E-state index is 12.3. The zero-order chi connectivity index (χ0) is 16.4. The van der Waals surface area contributed by atoms with Crippen LogP contribution in [0.3, 0.4) is 0 Å². The molecule has 0 radical (unpaired) electrons. The van der Waals surface area contributed by atoms with Crippen LogP contribution < -0.4 is 11.1 Å². The molecule has 1 atom stereocenters. The Balaban J connectivity index is 1.79. The van der Waals surface area contributed by atoms with Crippen molar-refractivity contribution >= 4 is 40.4 Å². The van der Waals surface area contributed by atoms with Gasteiger partial charge in [-0.2, -0.15) is 0 Å². The monoisotopic (exact) mass is 347 g/mol. The Labute approximate surface area is 142 Å². The molecular formula is C16H14ClN3O2S. The van der Waals surface area contributed by atoms with Gasteiger partial charge in [-0.1, -0.05) is 17.7 Å².